The highest BCUT2D eigenvalue weighted by atomic mass is 16.4. The number of carboxylic acid groups (broad SMARTS) is 2. The molecule has 0 fully saturated rings. The molecular formula is C12H8N4O4. The van der Waals surface area contributed by atoms with Gasteiger partial charge in [-0.05, 0) is 24.3 Å². The van der Waals surface area contributed by atoms with E-state index < -0.39 is 11.9 Å². The molecular weight excluding hydrogens is 264 g/mol. The van der Waals surface area contributed by atoms with Crippen molar-refractivity contribution in [3.63, 3.8) is 0 Å². The molecule has 0 unspecified atom stereocenters. The molecule has 0 atom stereocenters. The van der Waals surface area contributed by atoms with Gasteiger partial charge in [-0.25, -0.2) is 19.6 Å². The minimum atomic E-state index is -1.10. The first-order chi connectivity index (χ1) is 9.56. The molecule has 0 saturated heterocycles. The second kappa shape index (κ2) is 5.65. The standard InChI is InChI=1S/C12H8N4O4/c17-11(18)7-1-3-13-9(5-7)15-16-10-6-8(12(19)20)2-4-14-10/h1-6H,(H,17,18)(H,19,20). The van der Waals surface area contributed by atoms with Crippen LogP contribution in [0.5, 0.6) is 0 Å². The third-order valence-electron chi connectivity index (χ3n) is 2.24. The molecule has 2 aromatic heterocycles. The number of aromatic nitrogens is 2. The van der Waals surface area contributed by atoms with Crippen LogP contribution in [0.2, 0.25) is 0 Å². The van der Waals surface area contributed by atoms with Gasteiger partial charge in [-0.3, -0.25) is 0 Å². The molecule has 0 bridgehead atoms. The molecule has 8 heteroatoms. The van der Waals surface area contributed by atoms with Crippen molar-refractivity contribution in [3.05, 3.63) is 47.8 Å². The Morgan fingerprint density at radius 3 is 1.60 bits per heavy atom. The summed E-state index contributed by atoms with van der Waals surface area (Å²) in [5.74, 6) is -2.02. The van der Waals surface area contributed by atoms with E-state index in [1.165, 1.54) is 36.7 Å². The highest BCUT2D eigenvalue weighted by Crippen LogP contribution is 2.16. The molecule has 0 aliphatic carbocycles. The molecule has 0 aliphatic heterocycles. The van der Waals surface area contributed by atoms with E-state index in [1.54, 1.807) is 0 Å². The van der Waals surface area contributed by atoms with Crippen LogP contribution in [0.1, 0.15) is 20.7 Å². The highest BCUT2D eigenvalue weighted by molar-refractivity contribution is 5.88. The van der Waals surface area contributed by atoms with Crippen molar-refractivity contribution in [2.24, 2.45) is 10.2 Å². The van der Waals surface area contributed by atoms with Gasteiger partial charge >= 0.3 is 11.9 Å². The lowest BCUT2D eigenvalue weighted by molar-refractivity contribution is 0.0686. The summed E-state index contributed by atoms with van der Waals surface area (Å²) in [4.78, 5) is 29.2. The van der Waals surface area contributed by atoms with E-state index in [1.807, 2.05) is 0 Å². The zero-order chi connectivity index (χ0) is 14.5. The van der Waals surface area contributed by atoms with Gasteiger partial charge in [0.05, 0.1) is 11.1 Å². The van der Waals surface area contributed by atoms with E-state index in [9.17, 15) is 9.59 Å². The van der Waals surface area contributed by atoms with Gasteiger partial charge in [0.15, 0.2) is 11.6 Å². The van der Waals surface area contributed by atoms with Gasteiger partial charge in [-0.2, -0.15) is 0 Å². The maximum atomic E-state index is 10.8. The zero-order valence-corrected chi connectivity index (χ0v) is 9.96. The number of hydrogen-bond acceptors (Lipinski definition) is 6. The Hall–Kier alpha value is -3.16. The SMILES string of the molecule is O=C(O)c1ccnc(N=Nc2cc(C(=O)O)ccn2)c1. The summed E-state index contributed by atoms with van der Waals surface area (Å²) in [6.45, 7) is 0. The van der Waals surface area contributed by atoms with Crippen molar-refractivity contribution < 1.29 is 19.8 Å². The molecule has 0 aliphatic rings. The molecule has 2 rings (SSSR count). The van der Waals surface area contributed by atoms with Crippen LogP contribution in [0.4, 0.5) is 11.6 Å². The Morgan fingerprint density at radius 1 is 0.850 bits per heavy atom. The van der Waals surface area contributed by atoms with Crippen LogP contribution in [-0.4, -0.2) is 32.1 Å². The number of carbonyl (C=O) groups is 2. The van der Waals surface area contributed by atoms with Crippen LogP contribution in [0.25, 0.3) is 0 Å². The fourth-order valence-electron chi connectivity index (χ4n) is 1.31. The summed E-state index contributed by atoms with van der Waals surface area (Å²) in [6, 6.07) is 5.13. The predicted molar refractivity (Wildman–Crippen MR) is 66.6 cm³/mol. The van der Waals surface area contributed by atoms with Gasteiger partial charge in [0, 0.05) is 12.4 Å². The number of azo groups is 1. The Morgan fingerprint density at radius 2 is 1.25 bits per heavy atom. The third kappa shape index (κ3) is 3.19. The Labute approximate surface area is 112 Å². The van der Waals surface area contributed by atoms with Crippen LogP contribution >= 0.6 is 0 Å². The molecule has 0 radical (unpaired) electrons. The van der Waals surface area contributed by atoms with Crippen molar-refractivity contribution in [2.75, 3.05) is 0 Å². The van der Waals surface area contributed by atoms with E-state index in [2.05, 4.69) is 20.2 Å². The third-order valence-corrected chi connectivity index (χ3v) is 2.24. The van der Waals surface area contributed by atoms with Crippen molar-refractivity contribution in [3.8, 4) is 0 Å². The van der Waals surface area contributed by atoms with Crippen LogP contribution < -0.4 is 0 Å². The van der Waals surface area contributed by atoms with Gasteiger partial charge < -0.3 is 10.2 Å². The summed E-state index contributed by atoms with van der Waals surface area (Å²) in [7, 11) is 0. The zero-order valence-electron chi connectivity index (χ0n) is 9.96. The topological polar surface area (TPSA) is 125 Å². The van der Waals surface area contributed by atoms with Gasteiger partial charge in [0.1, 0.15) is 0 Å². The summed E-state index contributed by atoms with van der Waals surface area (Å²) in [6.07, 6.45) is 2.58. The van der Waals surface area contributed by atoms with Crippen LogP contribution in [0.3, 0.4) is 0 Å². The van der Waals surface area contributed by atoms with Crippen LogP contribution in [-0.2, 0) is 0 Å². The second-order valence-electron chi connectivity index (χ2n) is 3.62. The lowest BCUT2D eigenvalue weighted by Crippen LogP contribution is -1.95. The summed E-state index contributed by atoms with van der Waals surface area (Å²) < 4.78 is 0. The minimum absolute atomic E-state index is 0.0289. The lowest BCUT2D eigenvalue weighted by atomic mass is 10.2. The van der Waals surface area contributed by atoms with Crippen molar-refractivity contribution >= 4 is 23.6 Å². The van der Waals surface area contributed by atoms with E-state index in [0.717, 1.165) is 0 Å². The maximum absolute atomic E-state index is 10.8. The second-order valence-corrected chi connectivity index (χ2v) is 3.62. The first kappa shape index (κ1) is 13.3. The normalized spacial score (nSPS) is 10.6. The number of pyridine rings is 2. The van der Waals surface area contributed by atoms with Crippen molar-refractivity contribution in [1.82, 2.24) is 9.97 Å². The summed E-state index contributed by atoms with van der Waals surface area (Å²) >= 11 is 0. The van der Waals surface area contributed by atoms with E-state index >= 15 is 0 Å². The number of nitrogens with zero attached hydrogens (tertiary/aromatic N) is 4. The first-order valence-corrected chi connectivity index (χ1v) is 5.37. The van der Waals surface area contributed by atoms with Gasteiger partial charge in [0.25, 0.3) is 0 Å². The van der Waals surface area contributed by atoms with E-state index in [-0.39, 0.29) is 22.8 Å². The molecule has 2 N–H and O–H groups in total. The Kier molecular flexibility index (Phi) is 3.75. The van der Waals surface area contributed by atoms with E-state index in [4.69, 9.17) is 10.2 Å². The monoisotopic (exact) mass is 272 g/mol. The Balaban J connectivity index is 2.25. The molecule has 0 spiro atoms. The van der Waals surface area contributed by atoms with Gasteiger partial charge in [0.2, 0.25) is 0 Å². The first-order valence-electron chi connectivity index (χ1n) is 5.37. The number of carboxylic acids is 2. The highest BCUT2D eigenvalue weighted by Gasteiger charge is 2.05. The number of hydrogen-bond donors (Lipinski definition) is 2. The van der Waals surface area contributed by atoms with Crippen molar-refractivity contribution in [1.29, 1.82) is 0 Å². The fraction of sp³-hybridized carbons (Fsp3) is 0. The van der Waals surface area contributed by atoms with Gasteiger partial charge in [-0.15, -0.1) is 10.2 Å². The van der Waals surface area contributed by atoms with Crippen LogP contribution in [0, 0.1) is 0 Å². The molecule has 8 nitrogen and oxygen atoms in total. The molecule has 2 aromatic rings. The molecule has 0 saturated carbocycles. The molecule has 0 amide bonds. The summed E-state index contributed by atoms with van der Waals surface area (Å²) in [5.41, 5.74) is 0.0578. The molecule has 20 heavy (non-hydrogen) atoms. The number of aromatic carboxylic acids is 2. The average molecular weight is 272 g/mol. The summed E-state index contributed by atoms with van der Waals surface area (Å²) in [5, 5.41) is 25.1. The number of rotatable bonds is 4. The fourth-order valence-corrected chi connectivity index (χ4v) is 1.31. The molecule has 100 valence electrons. The molecule has 0 aromatic carbocycles. The Bertz CT molecular complexity index is 640. The van der Waals surface area contributed by atoms with E-state index in [0.29, 0.717) is 0 Å². The molecule has 2 heterocycles. The largest absolute Gasteiger partial charge is 0.478 e. The van der Waals surface area contributed by atoms with Crippen LogP contribution in [0.15, 0.2) is 46.9 Å². The average Bonchev–Trinajstić information content (AvgIpc) is 2.45. The van der Waals surface area contributed by atoms with Crippen molar-refractivity contribution in [2.45, 2.75) is 0 Å². The van der Waals surface area contributed by atoms with Gasteiger partial charge in [-0.1, -0.05) is 0 Å². The minimum Gasteiger partial charge on any atom is -0.478 e. The predicted octanol–water partition coefficient (Wildman–Crippen LogP) is 2.29. The lowest BCUT2D eigenvalue weighted by Gasteiger charge is -1.96. The quantitative estimate of drug-likeness (QED) is 0.822. The maximum Gasteiger partial charge on any atom is 0.335 e. The smallest absolute Gasteiger partial charge is 0.335 e.